The van der Waals surface area contributed by atoms with Crippen molar-refractivity contribution < 1.29 is 9.53 Å². The Balaban J connectivity index is 3.71. The molecule has 0 rings (SSSR count). The molecule has 0 aromatic carbocycles. The molecule has 0 aromatic rings. The molecule has 3 nitrogen and oxygen atoms in total. The van der Waals surface area contributed by atoms with Gasteiger partial charge in [0.05, 0.1) is 0 Å². The Hall–Kier alpha value is -0.250. The van der Waals surface area contributed by atoms with Gasteiger partial charge in [-0.1, -0.05) is 15.9 Å². The number of hydrogen-bond donors (Lipinski definition) is 1. The Morgan fingerprint density at radius 3 is 2.50 bits per heavy atom. The molecule has 1 atom stereocenters. The van der Waals surface area contributed by atoms with Crippen LogP contribution in [-0.4, -0.2) is 23.1 Å². The molecule has 0 fully saturated rings. The highest BCUT2D eigenvalue weighted by Crippen LogP contribution is 2.07. The Labute approximate surface area is 94.7 Å². The number of carbonyl (C=O) groups excluding carboxylic acids is 1. The largest absolute Gasteiger partial charge is 0.444 e. The maximum atomic E-state index is 11.3. The average Bonchev–Trinajstić information content (AvgIpc) is 1.96. The van der Waals surface area contributed by atoms with E-state index in [1.54, 1.807) is 0 Å². The van der Waals surface area contributed by atoms with Crippen LogP contribution in [0.5, 0.6) is 0 Å². The van der Waals surface area contributed by atoms with E-state index in [-0.39, 0.29) is 12.1 Å². The first-order chi connectivity index (χ1) is 6.35. The third-order valence-corrected chi connectivity index (χ3v) is 2.09. The molecule has 84 valence electrons. The standard InChI is InChI=1S/C10H20BrNO2/c1-8(6-5-7-11)12-9(13)14-10(2,3)4/h8H,5-7H2,1-4H3,(H,12,13)/t8-/m0/s1. The summed E-state index contributed by atoms with van der Waals surface area (Å²) in [5, 5.41) is 3.75. The Morgan fingerprint density at radius 1 is 1.50 bits per heavy atom. The van der Waals surface area contributed by atoms with Crippen molar-refractivity contribution in [3.8, 4) is 0 Å². The highest BCUT2D eigenvalue weighted by Gasteiger charge is 2.17. The van der Waals surface area contributed by atoms with Crippen molar-refractivity contribution in [1.82, 2.24) is 5.32 Å². The van der Waals surface area contributed by atoms with Gasteiger partial charge in [0, 0.05) is 11.4 Å². The van der Waals surface area contributed by atoms with E-state index in [0.29, 0.717) is 0 Å². The van der Waals surface area contributed by atoms with E-state index in [4.69, 9.17) is 4.74 Å². The minimum Gasteiger partial charge on any atom is -0.444 e. The maximum absolute atomic E-state index is 11.3. The molecule has 0 bridgehead atoms. The summed E-state index contributed by atoms with van der Waals surface area (Å²) in [6.07, 6.45) is 1.68. The van der Waals surface area contributed by atoms with E-state index in [1.807, 2.05) is 27.7 Å². The van der Waals surface area contributed by atoms with E-state index < -0.39 is 5.60 Å². The molecule has 0 aliphatic heterocycles. The number of alkyl carbamates (subject to hydrolysis) is 1. The lowest BCUT2D eigenvalue weighted by Crippen LogP contribution is -2.37. The van der Waals surface area contributed by atoms with E-state index in [9.17, 15) is 4.79 Å². The van der Waals surface area contributed by atoms with Gasteiger partial charge < -0.3 is 10.1 Å². The van der Waals surface area contributed by atoms with Gasteiger partial charge in [0.25, 0.3) is 0 Å². The van der Waals surface area contributed by atoms with Gasteiger partial charge in [0.15, 0.2) is 0 Å². The molecular formula is C10H20BrNO2. The van der Waals surface area contributed by atoms with Gasteiger partial charge in [-0.25, -0.2) is 4.79 Å². The minimum absolute atomic E-state index is 0.169. The fraction of sp³-hybridized carbons (Fsp3) is 0.900. The molecule has 0 spiro atoms. The first-order valence-corrected chi connectivity index (χ1v) is 6.03. The molecule has 4 heteroatoms. The molecule has 0 heterocycles. The lowest BCUT2D eigenvalue weighted by Gasteiger charge is -2.21. The molecule has 0 saturated heterocycles. The van der Waals surface area contributed by atoms with Crippen molar-refractivity contribution in [2.24, 2.45) is 0 Å². The highest BCUT2D eigenvalue weighted by atomic mass is 79.9. The number of nitrogens with one attached hydrogen (secondary N) is 1. The first kappa shape index (κ1) is 13.8. The topological polar surface area (TPSA) is 38.3 Å². The van der Waals surface area contributed by atoms with Gasteiger partial charge in [0.2, 0.25) is 0 Å². The molecule has 0 aromatic heterocycles. The van der Waals surface area contributed by atoms with Crippen LogP contribution in [0.1, 0.15) is 40.5 Å². The zero-order valence-electron chi connectivity index (χ0n) is 9.39. The van der Waals surface area contributed by atoms with Crippen LogP contribution in [-0.2, 0) is 4.74 Å². The molecule has 0 aliphatic rings. The first-order valence-electron chi connectivity index (χ1n) is 4.90. The van der Waals surface area contributed by atoms with Crippen LogP contribution >= 0.6 is 15.9 Å². The number of ether oxygens (including phenoxy) is 1. The third-order valence-electron chi connectivity index (χ3n) is 1.53. The molecule has 0 saturated carbocycles. The number of hydrogen-bond acceptors (Lipinski definition) is 2. The molecule has 0 radical (unpaired) electrons. The van der Waals surface area contributed by atoms with Crippen molar-refractivity contribution in [2.75, 3.05) is 5.33 Å². The zero-order valence-corrected chi connectivity index (χ0v) is 11.0. The molecule has 1 amide bonds. The summed E-state index contributed by atoms with van der Waals surface area (Å²) < 4.78 is 5.13. The second-order valence-electron chi connectivity index (χ2n) is 4.38. The Morgan fingerprint density at radius 2 is 2.07 bits per heavy atom. The number of carbonyl (C=O) groups is 1. The van der Waals surface area contributed by atoms with Crippen molar-refractivity contribution in [3.05, 3.63) is 0 Å². The molecular weight excluding hydrogens is 246 g/mol. The minimum atomic E-state index is -0.417. The second-order valence-corrected chi connectivity index (χ2v) is 5.17. The number of alkyl halides is 1. The summed E-state index contributed by atoms with van der Waals surface area (Å²) in [6.45, 7) is 7.55. The van der Waals surface area contributed by atoms with Crippen molar-refractivity contribution in [1.29, 1.82) is 0 Å². The summed E-state index contributed by atoms with van der Waals surface area (Å²) >= 11 is 3.35. The predicted molar refractivity (Wildman–Crippen MR) is 61.9 cm³/mol. The third kappa shape index (κ3) is 8.35. The van der Waals surface area contributed by atoms with Gasteiger partial charge in [-0.05, 0) is 40.5 Å². The SMILES string of the molecule is C[C@@H](CCCBr)NC(=O)OC(C)(C)C. The Bertz CT molecular complexity index is 177. The van der Waals surface area contributed by atoms with Gasteiger partial charge in [-0.3, -0.25) is 0 Å². The van der Waals surface area contributed by atoms with Crippen molar-refractivity contribution in [3.63, 3.8) is 0 Å². The Kier molecular flexibility index (Phi) is 6.16. The average molecular weight is 266 g/mol. The molecule has 0 aliphatic carbocycles. The molecule has 0 unspecified atom stereocenters. The smallest absolute Gasteiger partial charge is 0.407 e. The second kappa shape index (κ2) is 6.27. The summed E-state index contributed by atoms with van der Waals surface area (Å²) in [5.74, 6) is 0. The van der Waals surface area contributed by atoms with E-state index in [2.05, 4.69) is 21.2 Å². The van der Waals surface area contributed by atoms with Crippen LogP contribution in [0.25, 0.3) is 0 Å². The lowest BCUT2D eigenvalue weighted by molar-refractivity contribution is 0.0506. The number of halogens is 1. The summed E-state index contributed by atoms with van der Waals surface area (Å²) in [5.41, 5.74) is -0.417. The van der Waals surface area contributed by atoms with Gasteiger partial charge in [-0.15, -0.1) is 0 Å². The zero-order chi connectivity index (χ0) is 11.2. The van der Waals surface area contributed by atoms with Crippen molar-refractivity contribution in [2.45, 2.75) is 52.2 Å². The van der Waals surface area contributed by atoms with E-state index >= 15 is 0 Å². The molecule has 14 heavy (non-hydrogen) atoms. The van der Waals surface area contributed by atoms with Crippen LogP contribution in [0.3, 0.4) is 0 Å². The number of amides is 1. The fourth-order valence-corrected chi connectivity index (χ4v) is 1.29. The summed E-state index contributed by atoms with van der Waals surface area (Å²) in [4.78, 5) is 11.3. The van der Waals surface area contributed by atoms with Gasteiger partial charge in [0.1, 0.15) is 5.60 Å². The summed E-state index contributed by atoms with van der Waals surface area (Å²) in [6, 6.07) is 0.169. The quantitative estimate of drug-likeness (QED) is 0.794. The van der Waals surface area contributed by atoms with Crippen LogP contribution in [0.4, 0.5) is 4.79 Å². The van der Waals surface area contributed by atoms with Crippen LogP contribution in [0.2, 0.25) is 0 Å². The van der Waals surface area contributed by atoms with Crippen LogP contribution in [0, 0.1) is 0 Å². The van der Waals surface area contributed by atoms with Gasteiger partial charge in [-0.2, -0.15) is 0 Å². The molecule has 1 N–H and O–H groups in total. The fourth-order valence-electron chi connectivity index (χ4n) is 0.964. The normalized spacial score (nSPS) is 13.5. The highest BCUT2D eigenvalue weighted by molar-refractivity contribution is 9.09. The lowest BCUT2D eigenvalue weighted by atomic mass is 10.2. The maximum Gasteiger partial charge on any atom is 0.407 e. The number of rotatable bonds is 4. The predicted octanol–water partition coefficient (Wildman–Crippen LogP) is 3.07. The van der Waals surface area contributed by atoms with Gasteiger partial charge >= 0.3 is 6.09 Å². The van der Waals surface area contributed by atoms with Crippen molar-refractivity contribution >= 4 is 22.0 Å². The summed E-state index contributed by atoms with van der Waals surface area (Å²) in [7, 11) is 0. The van der Waals surface area contributed by atoms with Crippen LogP contribution in [0.15, 0.2) is 0 Å². The van der Waals surface area contributed by atoms with Crippen LogP contribution < -0.4 is 5.32 Å². The van der Waals surface area contributed by atoms with E-state index in [1.165, 1.54) is 0 Å². The monoisotopic (exact) mass is 265 g/mol. The van der Waals surface area contributed by atoms with E-state index in [0.717, 1.165) is 18.2 Å².